The Labute approximate surface area is 161 Å². The summed E-state index contributed by atoms with van der Waals surface area (Å²) in [6, 6.07) is 5.57. The lowest BCUT2D eigenvalue weighted by atomic mass is 9.79. The van der Waals surface area contributed by atoms with E-state index in [9.17, 15) is 0 Å². The molecule has 8 nitrogen and oxygen atoms in total. The summed E-state index contributed by atoms with van der Waals surface area (Å²) >= 11 is 0. The Hall–Kier alpha value is -1.36. The third kappa shape index (κ3) is 8.46. The minimum atomic E-state index is -0.469. The Balaban J connectivity index is 1.97. The zero-order chi connectivity index (χ0) is 19.2. The van der Waals surface area contributed by atoms with Crippen LogP contribution in [0, 0.1) is 0 Å². The second-order valence-corrected chi connectivity index (χ2v) is 5.66. The van der Waals surface area contributed by atoms with Gasteiger partial charge in [-0.2, -0.15) is 0 Å². The van der Waals surface area contributed by atoms with E-state index in [1.807, 2.05) is 18.2 Å². The van der Waals surface area contributed by atoms with Gasteiger partial charge in [0, 0.05) is 14.2 Å². The molecule has 27 heavy (non-hydrogen) atoms. The summed E-state index contributed by atoms with van der Waals surface area (Å²) < 4.78 is 44.1. The molecule has 1 heterocycles. The standard InChI is InChI=1S/C18H29BO8/c1-20-19(21-2)16-3-4-17-18(15-16)27-14-12-25-10-8-23-6-5-22-7-9-24-11-13-26-17/h3-4,15H,5-14H2,1-2H3. The van der Waals surface area contributed by atoms with Gasteiger partial charge in [0.25, 0.3) is 0 Å². The van der Waals surface area contributed by atoms with Gasteiger partial charge in [-0.05, 0) is 17.6 Å². The van der Waals surface area contributed by atoms with Gasteiger partial charge in [0.1, 0.15) is 13.2 Å². The minimum Gasteiger partial charge on any atom is -0.487 e. The van der Waals surface area contributed by atoms with Crippen LogP contribution in [0.4, 0.5) is 0 Å². The van der Waals surface area contributed by atoms with E-state index in [4.69, 9.17) is 37.7 Å². The molecule has 0 amide bonds. The molecule has 2 rings (SSSR count). The molecule has 0 unspecified atom stereocenters. The Morgan fingerprint density at radius 1 is 0.630 bits per heavy atom. The zero-order valence-corrected chi connectivity index (χ0v) is 16.1. The van der Waals surface area contributed by atoms with Gasteiger partial charge in [0.2, 0.25) is 0 Å². The molecule has 0 bridgehead atoms. The first-order valence-electron chi connectivity index (χ1n) is 9.11. The van der Waals surface area contributed by atoms with Crippen molar-refractivity contribution in [3.8, 4) is 11.5 Å². The topological polar surface area (TPSA) is 73.8 Å². The van der Waals surface area contributed by atoms with Crippen LogP contribution in [0.5, 0.6) is 11.5 Å². The van der Waals surface area contributed by atoms with Crippen LogP contribution in [0.25, 0.3) is 0 Å². The molecule has 9 heteroatoms. The second kappa shape index (κ2) is 13.8. The second-order valence-electron chi connectivity index (χ2n) is 5.66. The fraction of sp³-hybridized carbons (Fsp3) is 0.667. The lowest BCUT2D eigenvalue weighted by Crippen LogP contribution is -2.34. The number of benzene rings is 1. The van der Waals surface area contributed by atoms with Crippen molar-refractivity contribution in [2.45, 2.75) is 0 Å². The normalized spacial score (nSPS) is 18.3. The summed E-state index contributed by atoms with van der Waals surface area (Å²) in [5.74, 6) is 1.24. The predicted octanol–water partition coefficient (Wildman–Crippen LogP) is 0.512. The molecule has 0 spiro atoms. The average Bonchev–Trinajstić information content (AvgIpc) is 2.69. The molecule has 0 radical (unpaired) electrons. The molecule has 152 valence electrons. The van der Waals surface area contributed by atoms with Gasteiger partial charge in [0.15, 0.2) is 11.5 Å². The first kappa shape index (κ1) is 21.9. The van der Waals surface area contributed by atoms with Crippen molar-refractivity contribution in [2.24, 2.45) is 0 Å². The summed E-state index contributed by atoms with van der Waals surface area (Å²) in [7, 11) is 2.71. The summed E-state index contributed by atoms with van der Waals surface area (Å²) in [5.41, 5.74) is 0.840. The number of hydrogen-bond donors (Lipinski definition) is 0. The maximum Gasteiger partial charge on any atom is 0.493 e. The Kier molecular flexibility index (Phi) is 11.2. The van der Waals surface area contributed by atoms with Crippen molar-refractivity contribution in [3.05, 3.63) is 18.2 Å². The van der Waals surface area contributed by atoms with E-state index >= 15 is 0 Å². The molecule has 0 aliphatic carbocycles. The van der Waals surface area contributed by atoms with Crippen molar-refractivity contribution in [1.29, 1.82) is 0 Å². The van der Waals surface area contributed by atoms with E-state index in [1.165, 1.54) is 0 Å². The van der Waals surface area contributed by atoms with Gasteiger partial charge >= 0.3 is 7.12 Å². The summed E-state index contributed by atoms with van der Waals surface area (Å²) in [5, 5.41) is 0. The quantitative estimate of drug-likeness (QED) is 0.699. The van der Waals surface area contributed by atoms with Gasteiger partial charge in [-0.3, -0.25) is 0 Å². The van der Waals surface area contributed by atoms with Gasteiger partial charge in [-0.25, -0.2) is 0 Å². The van der Waals surface area contributed by atoms with Gasteiger partial charge in [-0.1, -0.05) is 6.07 Å². The number of rotatable bonds is 3. The third-order valence-electron chi connectivity index (χ3n) is 3.75. The summed E-state index contributed by atoms with van der Waals surface area (Å²) in [6.45, 7) is 4.86. The van der Waals surface area contributed by atoms with Crippen molar-refractivity contribution in [3.63, 3.8) is 0 Å². The monoisotopic (exact) mass is 384 g/mol. The van der Waals surface area contributed by atoms with E-state index in [-0.39, 0.29) is 0 Å². The molecular weight excluding hydrogens is 355 g/mol. The molecule has 1 aliphatic heterocycles. The van der Waals surface area contributed by atoms with E-state index in [2.05, 4.69) is 0 Å². The largest absolute Gasteiger partial charge is 0.493 e. The molecule has 1 aliphatic rings. The molecule has 0 aromatic heterocycles. The fourth-order valence-corrected chi connectivity index (χ4v) is 2.45. The average molecular weight is 384 g/mol. The highest BCUT2D eigenvalue weighted by atomic mass is 16.6. The number of ether oxygens (including phenoxy) is 6. The summed E-state index contributed by atoms with van der Waals surface area (Å²) in [4.78, 5) is 0. The van der Waals surface area contributed by atoms with E-state index in [1.54, 1.807) is 14.2 Å². The number of fused-ring (bicyclic) bond motifs is 1. The molecule has 0 saturated heterocycles. The van der Waals surface area contributed by atoms with Crippen LogP contribution in [-0.4, -0.2) is 87.4 Å². The lowest BCUT2D eigenvalue weighted by Gasteiger charge is -2.16. The Morgan fingerprint density at radius 3 is 1.56 bits per heavy atom. The first-order chi connectivity index (χ1) is 13.3. The van der Waals surface area contributed by atoms with Crippen LogP contribution < -0.4 is 14.9 Å². The Bertz CT molecular complexity index is 512. The molecule has 0 N–H and O–H groups in total. The van der Waals surface area contributed by atoms with E-state index in [0.717, 1.165) is 5.46 Å². The highest BCUT2D eigenvalue weighted by Crippen LogP contribution is 2.26. The maximum absolute atomic E-state index is 5.85. The van der Waals surface area contributed by atoms with Crippen molar-refractivity contribution < 1.29 is 37.7 Å². The van der Waals surface area contributed by atoms with Crippen LogP contribution >= 0.6 is 0 Å². The fourth-order valence-electron chi connectivity index (χ4n) is 2.45. The van der Waals surface area contributed by atoms with Gasteiger partial charge < -0.3 is 37.7 Å². The SMILES string of the molecule is COB(OC)c1ccc2c(c1)OCCOCCOCCOCCOCCO2. The number of hydrogen-bond acceptors (Lipinski definition) is 8. The van der Waals surface area contributed by atoms with Crippen LogP contribution in [0.3, 0.4) is 0 Å². The maximum atomic E-state index is 5.85. The van der Waals surface area contributed by atoms with Crippen LogP contribution in [0.2, 0.25) is 0 Å². The highest BCUT2D eigenvalue weighted by Gasteiger charge is 2.20. The lowest BCUT2D eigenvalue weighted by molar-refractivity contribution is -0.00841. The van der Waals surface area contributed by atoms with Crippen molar-refractivity contribution >= 4 is 12.6 Å². The molecule has 1 aromatic rings. The van der Waals surface area contributed by atoms with E-state index < -0.39 is 7.12 Å². The summed E-state index contributed by atoms with van der Waals surface area (Å²) in [6.07, 6.45) is 0. The predicted molar refractivity (Wildman–Crippen MR) is 100 cm³/mol. The van der Waals surface area contributed by atoms with Crippen molar-refractivity contribution in [2.75, 3.05) is 80.3 Å². The minimum absolute atomic E-state index is 0.393. The van der Waals surface area contributed by atoms with Crippen molar-refractivity contribution in [1.82, 2.24) is 0 Å². The van der Waals surface area contributed by atoms with Crippen LogP contribution in [0.15, 0.2) is 18.2 Å². The molecule has 0 fully saturated rings. The zero-order valence-electron chi connectivity index (χ0n) is 16.1. The molecule has 0 atom stereocenters. The first-order valence-corrected chi connectivity index (χ1v) is 9.11. The van der Waals surface area contributed by atoms with Gasteiger partial charge in [-0.15, -0.1) is 0 Å². The molecular formula is C18H29BO8. The molecule has 0 saturated carbocycles. The van der Waals surface area contributed by atoms with Crippen LogP contribution in [0.1, 0.15) is 0 Å². The molecule has 1 aromatic carbocycles. The van der Waals surface area contributed by atoms with E-state index in [0.29, 0.717) is 77.6 Å². The Morgan fingerprint density at radius 2 is 1.07 bits per heavy atom. The third-order valence-corrected chi connectivity index (χ3v) is 3.75. The van der Waals surface area contributed by atoms with Crippen LogP contribution in [-0.2, 0) is 28.3 Å². The smallest absolute Gasteiger partial charge is 0.487 e. The van der Waals surface area contributed by atoms with Gasteiger partial charge in [0.05, 0.1) is 52.9 Å². The highest BCUT2D eigenvalue weighted by molar-refractivity contribution is 6.61.